The van der Waals surface area contributed by atoms with Gasteiger partial charge in [-0.05, 0) is 43.0 Å². The highest BCUT2D eigenvalue weighted by molar-refractivity contribution is 7.97. The van der Waals surface area contributed by atoms with Crippen molar-refractivity contribution >= 4 is 23.4 Å². The molecule has 0 unspecified atom stereocenters. The third-order valence-corrected chi connectivity index (χ3v) is 5.33. The summed E-state index contributed by atoms with van der Waals surface area (Å²) in [4.78, 5) is 14.9. The first kappa shape index (κ1) is 14.9. The maximum Gasteiger partial charge on any atom is 0.136 e. The molecule has 2 aliphatic rings. The SMILES string of the molecule is NC1CCN(Sc2cccc(N3CCC(=O)CC3)c2)CC1. The lowest BCUT2D eigenvalue weighted by atomic mass is 10.1. The second-order valence-electron chi connectivity index (χ2n) is 5.88. The molecule has 21 heavy (non-hydrogen) atoms. The Morgan fingerprint density at radius 1 is 1.10 bits per heavy atom. The molecule has 0 spiro atoms. The lowest BCUT2D eigenvalue weighted by molar-refractivity contribution is -0.119. The van der Waals surface area contributed by atoms with Gasteiger partial charge in [0, 0.05) is 55.6 Å². The number of nitrogens with zero attached hydrogens (tertiary/aromatic N) is 2. The fourth-order valence-corrected chi connectivity index (χ4v) is 3.87. The number of hydrogen-bond donors (Lipinski definition) is 1. The molecule has 4 nitrogen and oxygen atoms in total. The lowest BCUT2D eigenvalue weighted by Crippen LogP contribution is -2.36. The molecule has 0 saturated carbocycles. The first-order chi connectivity index (χ1) is 10.2. The molecule has 2 saturated heterocycles. The molecule has 0 atom stereocenters. The second-order valence-corrected chi connectivity index (χ2v) is 7.05. The molecule has 2 fully saturated rings. The lowest BCUT2D eigenvalue weighted by Gasteiger charge is -2.30. The number of nitrogens with two attached hydrogens (primary N) is 1. The van der Waals surface area contributed by atoms with Gasteiger partial charge in [0.2, 0.25) is 0 Å². The van der Waals surface area contributed by atoms with Crippen molar-refractivity contribution in [1.82, 2.24) is 4.31 Å². The summed E-state index contributed by atoms with van der Waals surface area (Å²) in [6.45, 7) is 3.83. The molecule has 2 N–H and O–H groups in total. The molecule has 3 rings (SSSR count). The molecule has 0 aromatic heterocycles. The smallest absolute Gasteiger partial charge is 0.136 e. The Labute approximate surface area is 130 Å². The molecule has 2 aliphatic heterocycles. The summed E-state index contributed by atoms with van der Waals surface area (Å²) in [5, 5.41) is 0. The van der Waals surface area contributed by atoms with E-state index in [1.54, 1.807) is 0 Å². The van der Waals surface area contributed by atoms with Gasteiger partial charge < -0.3 is 10.6 Å². The summed E-state index contributed by atoms with van der Waals surface area (Å²) < 4.78 is 2.40. The minimum atomic E-state index is 0.374. The number of benzene rings is 1. The Morgan fingerprint density at radius 2 is 1.81 bits per heavy atom. The standard InChI is InChI=1S/C16H23N3OS/c17-13-4-10-19(11-5-13)21-16-3-1-2-14(12-16)18-8-6-15(20)7-9-18/h1-3,12-13H,4-11,17H2. The normalized spacial score (nSPS) is 21.8. The molecule has 5 heteroatoms. The molecule has 0 radical (unpaired) electrons. The Balaban J connectivity index is 1.61. The summed E-state index contributed by atoms with van der Waals surface area (Å²) in [7, 11) is 0. The first-order valence-electron chi connectivity index (χ1n) is 7.76. The fraction of sp³-hybridized carbons (Fsp3) is 0.562. The van der Waals surface area contributed by atoms with Crippen LogP contribution in [0.25, 0.3) is 0 Å². The van der Waals surface area contributed by atoms with Gasteiger partial charge in [-0.2, -0.15) is 0 Å². The van der Waals surface area contributed by atoms with E-state index in [0.717, 1.165) is 39.0 Å². The van der Waals surface area contributed by atoms with Crippen molar-refractivity contribution in [2.75, 3.05) is 31.1 Å². The van der Waals surface area contributed by atoms with Crippen molar-refractivity contribution in [1.29, 1.82) is 0 Å². The van der Waals surface area contributed by atoms with E-state index in [4.69, 9.17) is 5.73 Å². The van der Waals surface area contributed by atoms with Crippen molar-refractivity contribution in [3.8, 4) is 0 Å². The minimum absolute atomic E-state index is 0.374. The van der Waals surface area contributed by atoms with Crippen LogP contribution in [0, 0.1) is 0 Å². The quantitative estimate of drug-likeness (QED) is 0.868. The van der Waals surface area contributed by atoms with Gasteiger partial charge in [-0.3, -0.25) is 4.79 Å². The van der Waals surface area contributed by atoms with Gasteiger partial charge in [-0.1, -0.05) is 6.07 Å². The zero-order chi connectivity index (χ0) is 14.7. The van der Waals surface area contributed by atoms with Gasteiger partial charge >= 0.3 is 0 Å². The van der Waals surface area contributed by atoms with Crippen LogP contribution in [0.15, 0.2) is 29.2 Å². The molecule has 0 amide bonds. The zero-order valence-electron chi connectivity index (χ0n) is 12.3. The number of rotatable bonds is 3. The average Bonchev–Trinajstić information content (AvgIpc) is 2.51. The van der Waals surface area contributed by atoms with E-state index in [2.05, 4.69) is 33.5 Å². The van der Waals surface area contributed by atoms with Crippen LogP contribution in [0.5, 0.6) is 0 Å². The van der Waals surface area contributed by atoms with Crippen LogP contribution < -0.4 is 10.6 Å². The van der Waals surface area contributed by atoms with E-state index in [-0.39, 0.29) is 0 Å². The van der Waals surface area contributed by atoms with Gasteiger partial charge in [-0.25, -0.2) is 4.31 Å². The number of piperidine rings is 2. The van der Waals surface area contributed by atoms with Crippen LogP contribution in [0.1, 0.15) is 25.7 Å². The molecule has 114 valence electrons. The number of carbonyl (C=O) groups is 1. The zero-order valence-corrected chi connectivity index (χ0v) is 13.1. The Morgan fingerprint density at radius 3 is 2.52 bits per heavy atom. The van der Waals surface area contributed by atoms with Crippen LogP contribution in [0.2, 0.25) is 0 Å². The summed E-state index contributed by atoms with van der Waals surface area (Å²) >= 11 is 1.83. The van der Waals surface area contributed by atoms with Crippen LogP contribution in [-0.4, -0.2) is 42.3 Å². The molecule has 0 bridgehead atoms. The maximum atomic E-state index is 11.3. The van der Waals surface area contributed by atoms with E-state index < -0.39 is 0 Å². The van der Waals surface area contributed by atoms with E-state index in [9.17, 15) is 4.79 Å². The largest absolute Gasteiger partial charge is 0.371 e. The topological polar surface area (TPSA) is 49.6 Å². The van der Waals surface area contributed by atoms with E-state index in [1.165, 1.54) is 10.6 Å². The Kier molecular flexibility index (Phi) is 4.83. The summed E-state index contributed by atoms with van der Waals surface area (Å²) in [5.41, 5.74) is 7.19. The molecular formula is C16H23N3OS. The van der Waals surface area contributed by atoms with Crippen LogP contribution in [-0.2, 0) is 4.79 Å². The van der Waals surface area contributed by atoms with Crippen molar-refractivity contribution in [2.45, 2.75) is 36.6 Å². The van der Waals surface area contributed by atoms with Crippen LogP contribution in [0.3, 0.4) is 0 Å². The highest BCUT2D eigenvalue weighted by Gasteiger charge is 2.19. The number of anilines is 1. The number of Topliss-reactive ketones (excluding diaryl/α,β-unsaturated/α-hetero) is 1. The Hall–Kier alpha value is -1.04. The predicted molar refractivity (Wildman–Crippen MR) is 87.5 cm³/mol. The van der Waals surface area contributed by atoms with Crippen LogP contribution >= 0.6 is 11.9 Å². The van der Waals surface area contributed by atoms with Gasteiger partial charge in [-0.15, -0.1) is 0 Å². The fourth-order valence-electron chi connectivity index (χ4n) is 2.87. The van der Waals surface area contributed by atoms with E-state index >= 15 is 0 Å². The van der Waals surface area contributed by atoms with Crippen LogP contribution in [0.4, 0.5) is 5.69 Å². The summed E-state index contributed by atoms with van der Waals surface area (Å²) in [6, 6.07) is 9.04. The summed E-state index contributed by atoms with van der Waals surface area (Å²) in [6.07, 6.45) is 3.53. The van der Waals surface area contributed by atoms with E-state index in [0.29, 0.717) is 24.7 Å². The van der Waals surface area contributed by atoms with Crippen molar-refractivity contribution in [3.63, 3.8) is 0 Å². The molecule has 0 aliphatic carbocycles. The molecule has 1 aromatic rings. The minimum Gasteiger partial charge on any atom is -0.371 e. The number of hydrogen-bond acceptors (Lipinski definition) is 5. The Bertz CT molecular complexity index is 490. The van der Waals surface area contributed by atoms with Crippen molar-refractivity contribution in [2.24, 2.45) is 5.73 Å². The third kappa shape index (κ3) is 3.99. The molecule has 1 aromatic carbocycles. The average molecular weight is 305 g/mol. The van der Waals surface area contributed by atoms with Gasteiger partial charge in [0.25, 0.3) is 0 Å². The predicted octanol–water partition coefficient (Wildman–Crippen LogP) is 2.29. The molecular weight excluding hydrogens is 282 g/mol. The van der Waals surface area contributed by atoms with Crippen molar-refractivity contribution in [3.05, 3.63) is 24.3 Å². The second kappa shape index (κ2) is 6.81. The van der Waals surface area contributed by atoms with E-state index in [1.807, 2.05) is 11.9 Å². The van der Waals surface area contributed by atoms with Crippen molar-refractivity contribution < 1.29 is 4.79 Å². The third-order valence-electron chi connectivity index (χ3n) is 4.24. The summed E-state index contributed by atoms with van der Waals surface area (Å²) in [5.74, 6) is 0.390. The first-order valence-corrected chi connectivity index (χ1v) is 8.53. The number of ketones is 1. The molecule has 2 heterocycles. The van der Waals surface area contributed by atoms with Gasteiger partial charge in [0.1, 0.15) is 5.78 Å². The highest BCUT2D eigenvalue weighted by atomic mass is 32.2. The maximum absolute atomic E-state index is 11.3. The van der Waals surface area contributed by atoms with Gasteiger partial charge in [0.15, 0.2) is 0 Å². The number of carbonyl (C=O) groups excluding carboxylic acids is 1. The highest BCUT2D eigenvalue weighted by Crippen LogP contribution is 2.29. The van der Waals surface area contributed by atoms with Gasteiger partial charge in [0.05, 0.1) is 0 Å². The monoisotopic (exact) mass is 305 g/mol.